The summed E-state index contributed by atoms with van der Waals surface area (Å²) in [5.41, 5.74) is -0.343. The molecule has 0 saturated carbocycles. The molecular formula is C21H31F3N4O4. The SMILES string of the molecule is CC(CCOCC=O)CCN1c2nc(N3CCOC[C@H]3C)cc(=O)n2CC[C@H]1C(F)(F)F. The number of anilines is 2. The number of carbonyl (C=O) groups excluding carboxylic acids is 1. The molecule has 1 aromatic heterocycles. The van der Waals surface area contributed by atoms with Gasteiger partial charge in [-0.25, -0.2) is 0 Å². The van der Waals surface area contributed by atoms with Crippen LogP contribution in [0.15, 0.2) is 10.9 Å². The zero-order valence-electron chi connectivity index (χ0n) is 18.5. The lowest BCUT2D eigenvalue weighted by atomic mass is 10.0. The molecule has 1 saturated heterocycles. The molecule has 1 fully saturated rings. The first kappa shape index (κ1) is 24.5. The second-order valence-electron chi connectivity index (χ2n) is 8.49. The van der Waals surface area contributed by atoms with Crippen LogP contribution < -0.4 is 15.4 Å². The number of morpholine rings is 1. The summed E-state index contributed by atoms with van der Waals surface area (Å²) in [7, 11) is 0. The molecule has 32 heavy (non-hydrogen) atoms. The summed E-state index contributed by atoms with van der Waals surface area (Å²) in [6, 6.07) is -0.310. The molecule has 1 aromatic rings. The third-order valence-electron chi connectivity index (χ3n) is 6.08. The van der Waals surface area contributed by atoms with E-state index >= 15 is 0 Å². The van der Waals surface area contributed by atoms with Crippen LogP contribution in [0.3, 0.4) is 0 Å². The Balaban J connectivity index is 1.84. The second kappa shape index (κ2) is 10.7. The van der Waals surface area contributed by atoms with Crippen LogP contribution in [0.25, 0.3) is 0 Å². The first-order valence-corrected chi connectivity index (χ1v) is 11.0. The number of aromatic nitrogens is 2. The maximum absolute atomic E-state index is 13.9. The zero-order valence-corrected chi connectivity index (χ0v) is 18.5. The molecule has 8 nitrogen and oxygen atoms in total. The predicted octanol–water partition coefficient (Wildman–Crippen LogP) is 2.24. The third-order valence-corrected chi connectivity index (χ3v) is 6.08. The van der Waals surface area contributed by atoms with Crippen LogP contribution in [0.4, 0.5) is 24.9 Å². The van der Waals surface area contributed by atoms with E-state index in [0.717, 1.165) is 0 Å². The van der Waals surface area contributed by atoms with Crippen molar-refractivity contribution in [2.75, 3.05) is 49.3 Å². The Morgan fingerprint density at radius 3 is 2.81 bits per heavy atom. The lowest BCUT2D eigenvalue weighted by molar-refractivity contribution is -0.152. The van der Waals surface area contributed by atoms with E-state index in [2.05, 4.69) is 4.98 Å². The van der Waals surface area contributed by atoms with Crippen LogP contribution in [0.5, 0.6) is 0 Å². The summed E-state index contributed by atoms with van der Waals surface area (Å²) in [5.74, 6) is 0.546. The van der Waals surface area contributed by atoms with E-state index in [1.807, 2.05) is 18.7 Å². The quantitative estimate of drug-likeness (QED) is 0.413. The first-order chi connectivity index (χ1) is 15.2. The molecule has 3 heterocycles. The van der Waals surface area contributed by atoms with E-state index in [1.54, 1.807) is 0 Å². The highest BCUT2D eigenvalue weighted by Gasteiger charge is 2.46. The lowest BCUT2D eigenvalue weighted by Gasteiger charge is -2.40. The number of hydrogen-bond donors (Lipinski definition) is 0. The summed E-state index contributed by atoms with van der Waals surface area (Å²) >= 11 is 0. The van der Waals surface area contributed by atoms with Gasteiger partial charge in [0.1, 0.15) is 24.8 Å². The Bertz CT molecular complexity index is 832. The maximum Gasteiger partial charge on any atom is 0.408 e. The Hall–Kier alpha value is -2.14. The van der Waals surface area contributed by atoms with Crippen molar-refractivity contribution in [2.45, 2.75) is 57.9 Å². The highest BCUT2D eigenvalue weighted by molar-refractivity contribution is 5.50. The van der Waals surface area contributed by atoms with Gasteiger partial charge in [-0.3, -0.25) is 9.36 Å². The van der Waals surface area contributed by atoms with E-state index in [1.165, 1.54) is 15.5 Å². The number of alkyl halides is 3. The van der Waals surface area contributed by atoms with Crippen molar-refractivity contribution in [1.29, 1.82) is 0 Å². The number of hydrogen-bond acceptors (Lipinski definition) is 7. The number of fused-ring (bicyclic) bond motifs is 1. The van der Waals surface area contributed by atoms with Gasteiger partial charge < -0.3 is 24.1 Å². The van der Waals surface area contributed by atoms with Crippen molar-refractivity contribution in [3.8, 4) is 0 Å². The van der Waals surface area contributed by atoms with Gasteiger partial charge in [0.05, 0.1) is 19.3 Å². The van der Waals surface area contributed by atoms with Gasteiger partial charge >= 0.3 is 6.18 Å². The lowest BCUT2D eigenvalue weighted by Crippen LogP contribution is -2.53. The van der Waals surface area contributed by atoms with Crippen molar-refractivity contribution in [3.63, 3.8) is 0 Å². The zero-order chi connectivity index (χ0) is 23.3. The molecule has 3 atom stereocenters. The van der Waals surface area contributed by atoms with Crippen LogP contribution >= 0.6 is 0 Å². The molecule has 2 aliphatic rings. The average molecular weight is 460 g/mol. The van der Waals surface area contributed by atoms with Gasteiger partial charge in [0, 0.05) is 32.3 Å². The van der Waals surface area contributed by atoms with E-state index in [4.69, 9.17) is 9.47 Å². The average Bonchev–Trinajstić information content (AvgIpc) is 2.74. The fourth-order valence-corrected chi connectivity index (χ4v) is 4.19. The first-order valence-electron chi connectivity index (χ1n) is 11.0. The molecule has 0 aromatic carbocycles. The van der Waals surface area contributed by atoms with Gasteiger partial charge in [-0.2, -0.15) is 18.2 Å². The van der Waals surface area contributed by atoms with Crippen molar-refractivity contribution in [2.24, 2.45) is 5.92 Å². The van der Waals surface area contributed by atoms with E-state index in [9.17, 15) is 22.8 Å². The molecule has 0 amide bonds. The Kier molecular flexibility index (Phi) is 8.16. The molecule has 180 valence electrons. The maximum atomic E-state index is 13.9. The number of ether oxygens (including phenoxy) is 2. The molecule has 0 aliphatic carbocycles. The Morgan fingerprint density at radius 1 is 1.34 bits per heavy atom. The highest BCUT2D eigenvalue weighted by atomic mass is 19.4. The monoisotopic (exact) mass is 460 g/mol. The molecule has 0 bridgehead atoms. The van der Waals surface area contributed by atoms with Crippen LogP contribution in [-0.2, 0) is 20.8 Å². The van der Waals surface area contributed by atoms with E-state index < -0.39 is 12.2 Å². The third kappa shape index (κ3) is 5.80. The highest BCUT2D eigenvalue weighted by Crippen LogP contribution is 2.35. The van der Waals surface area contributed by atoms with Gasteiger partial charge in [-0.1, -0.05) is 6.92 Å². The van der Waals surface area contributed by atoms with Gasteiger partial charge in [0.2, 0.25) is 5.95 Å². The standard InChI is InChI=1S/C21H31F3N4O4/c1-15(5-10-31-12-9-29)3-6-27-17(21(22,23)24)4-7-28-19(30)13-18(25-20(27)28)26-8-11-32-14-16(26)2/h9,13,15-17H,3-8,10-12,14H2,1-2H3/t15?,16-,17+/m1/s1. The molecule has 11 heteroatoms. The molecule has 2 aliphatic heterocycles. The van der Waals surface area contributed by atoms with Crippen molar-refractivity contribution >= 4 is 18.1 Å². The van der Waals surface area contributed by atoms with Crippen molar-refractivity contribution < 1.29 is 27.4 Å². The summed E-state index contributed by atoms with van der Waals surface area (Å²) < 4.78 is 53.6. The minimum atomic E-state index is -4.43. The van der Waals surface area contributed by atoms with Crippen LogP contribution in [0.1, 0.15) is 33.1 Å². The molecule has 0 spiro atoms. The molecule has 3 rings (SSSR count). The predicted molar refractivity (Wildman–Crippen MR) is 113 cm³/mol. The fraction of sp³-hybridized carbons (Fsp3) is 0.762. The minimum Gasteiger partial charge on any atom is -0.377 e. The van der Waals surface area contributed by atoms with E-state index in [0.29, 0.717) is 51.3 Å². The summed E-state index contributed by atoms with van der Waals surface area (Å²) in [6.45, 7) is 5.82. The number of halogens is 3. The van der Waals surface area contributed by atoms with Gasteiger partial charge in [0.25, 0.3) is 5.56 Å². The number of carbonyl (C=O) groups is 1. The van der Waals surface area contributed by atoms with Gasteiger partial charge in [0.15, 0.2) is 0 Å². The molecule has 0 N–H and O–H groups in total. The fourth-order valence-electron chi connectivity index (χ4n) is 4.19. The van der Waals surface area contributed by atoms with Crippen molar-refractivity contribution in [3.05, 3.63) is 16.4 Å². The summed E-state index contributed by atoms with van der Waals surface area (Å²) in [4.78, 5) is 30.8. The second-order valence-corrected chi connectivity index (χ2v) is 8.49. The largest absolute Gasteiger partial charge is 0.408 e. The summed E-state index contributed by atoms with van der Waals surface area (Å²) in [6.07, 6.45) is -2.85. The smallest absolute Gasteiger partial charge is 0.377 e. The molecule has 1 unspecified atom stereocenters. The summed E-state index contributed by atoms with van der Waals surface area (Å²) in [5, 5.41) is 0. The van der Waals surface area contributed by atoms with Crippen LogP contribution in [-0.4, -0.2) is 73.6 Å². The van der Waals surface area contributed by atoms with Gasteiger partial charge in [-0.15, -0.1) is 0 Å². The van der Waals surface area contributed by atoms with Crippen LogP contribution in [0, 0.1) is 5.92 Å². The van der Waals surface area contributed by atoms with Crippen LogP contribution in [0.2, 0.25) is 0 Å². The molecular weight excluding hydrogens is 429 g/mol. The van der Waals surface area contributed by atoms with E-state index in [-0.39, 0.29) is 49.6 Å². The van der Waals surface area contributed by atoms with Gasteiger partial charge in [-0.05, 0) is 32.1 Å². The molecule has 0 radical (unpaired) electrons. The number of nitrogens with zero attached hydrogens (tertiary/aromatic N) is 4. The Labute approximate surface area is 185 Å². The number of rotatable bonds is 9. The number of aldehydes is 1. The van der Waals surface area contributed by atoms with Crippen molar-refractivity contribution in [1.82, 2.24) is 9.55 Å². The minimum absolute atomic E-state index is 0.0118. The topological polar surface area (TPSA) is 76.9 Å². The normalized spacial score (nSPS) is 22.5. The Morgan fingerprint density at radius 2 is 2.12 bits per heavy atom.